The average Bonchev–Trinajstić information content (AvgIpc) is 2.48. The van der Waals surface area contributed by atoms with Crippen LogP contribution in [0.1, 0.15) is 0 Å². The van der Waals surface area contributed by atoms with Crippen LogP contribution in [0.2, 0.25) is 0 Å². The van der Waals surface area contributed by atoms with Crippen LogP contribution >= 0.6 is 0 Å². The van der Waals surface area contributed by atoms with Gasteiger partial charge in [0.05, 0.1) is 25.2 Å². The summed E-state index contributed by atoms with van der Waals surface area (Å²) in [6, 6.07) is -0.470. The molecular weight excluding hydrogens is 208 g/mol. The van der Waals surface area contributed by atoms with Crippen molar-refractivity contribution in [1.29, 1.82) is 4.78 Å². The highest BCUT2D eigenvalue weighted by Crippen LogP contribution is 2.20. The highest BCUT2D eigenvalue weighted by molar-refractivity contribution is 7.89. The van der Waals surface area contributed by atoms with E-state index in [1.165, 1.54) is 17.6 Å². The molecule has 6 nitrogen and oxygen atoms in total. The number of likely N-dealkylation sites (N-methyl/N-ethyl adjacent to an activating group) is 1. The van der Waals surface area contributed by atoms with Gasteiger partial charge in [0.1, 0.15) is 9.92 Å². The molecule has 1 aliphatic rings. The van der Waals surface area contributed by atoms with E-state index < -0.39 is 27.8 Å². The number of ether oxygens (including phenoxy) is 1. The summed E-state index contributed by atoms with van der Waals surface area (Å²) in [6.07, 6.45) is 1.27. The second-order valence-corrected chi connectivity index (χ2v) is 5.58. The first-order valence-corrected chi connectivity index (χ1v) is 6.03. The van der Waals surface area contributed by atoms with Gasteiger partial charge >= 0.3 is 5.97 Å². The molecule has 7 heteroatoms. The maximum Gasteiger partial charge on any atom is 0.310 e. The molecule has 2 N–H and O–H groups in total. The van der Waals surface area contributed by atoms with Gasteiger partial charge in [-0.1, -0.05) is 0 Å². The van der Waals surface area contributed by atoms with E-state index in [2.05, 4.69) is 0 Å². The number of nitrogens with zero attached hydrogens (tertiary/aromatic N) is 1. The fourth-order valence-corrected chi connectivity index (χ4v) is 2.12. The molecule has 1 aliphatic heterocycles. The lowest BCUT2D eigenvalue weighted by molar-refractivity contribution is -0.142. The summed E-state index contributed by atoms with van der Waals surface area (Å²) in [5, 5.41) is 8.84. The van der Waals surface area contributed by atoms with Crippen molar-refractivity contribution in [2.75, 3.05) is 26.5 Å². The molecule has 1 heterocycles. The second-order valence-electron chi connectivity index (χ2n) is 3.40. The van der Waals surface area contributed by atoms with Crippen molar-refractivity contribution in [3.63, 3.8) is 0 Å². The molecule has 1 saturated heterocycles. The van der Waals surface area contributed by atoms with E-state index >= 15 is 0 Å². The smallest absolute Gasteiger partial charge is 0.310 e. The van der Waals surface area contributed by atoms with E-state index in [4.69, 9.17) is 14.6 Å². The summed E-state index contributed by atoms with van der Waals surface area (Å²) < 4.78 is 25.0. The van der Waals surface area contributed by atoms with E-state index in [0.717, 1.165) is 0 Å². The number of nitrogens with one attached hydrogen (secondary N) is 1. The quantitative estimate of drug-likeness (QED) is 0.680. The van der Waals surface area contributed by atoms with Crippen LogP contribution in [0.5, 0.6) is 0 Å². The minimum Gasteiger partial charge on any atom is -0.481 e. The molecule has 0 aromatic rings. The van der Waals surface area contributed by atoms with Crippen molar-refractivity contribution < 1.29 is 18.8 Å². The minimum absolute atomic E-state index is 0.125. The average molecular weight is 222 g/mol. The molecule has 1 rings (SSSR count). The van der Waals surface area contributed by atoms with Gasteiger partial charge in [-0.2, -0.15) is 0 Å². The van der Waals surface area contributed by atoms with E-state index in [1.807, 2.05) is 0 Å². The van der Waals surface area contributed by atoms with Crippen molar-refractivity contribution in [2.24, 2.45) is 5.92 Å². The molecule has 3 unspecified atom stereocenters. The molecular formula is C7H14N2O4S. The lowest BCUT2D eigenvalue weighted by atomic mass is 10.1. The fraction of sp³-hybridized carbons (Fsp3) is 0.857. The SMILES string of the molecule is CN(C1COCC1C(=O)O)S(C)(=N)=O. The Balaban J connectivity index is 2.82. The Kier molecular flexibility index (Phi) is 3.13. The van der Waals surface area contributed by atoms with E-state index in [9.17, 15) is 9.00 Å². The van der Waals surface area contributed by atoms with Crippen molar-refractivity contribution in [1.82, 2.24) is 4.31 Å². The Morgan fingerprint density at radius 1 is 1.64 bits per heavy atom. The Hall–Kier alpha value is -0.660. The zero-order chi connectivity index (χ0) is 10.9. The highest BCUT2D eigenvalue weighted by Gasteiger charge is 2.38. The maximum atomic E-state index is 11.4. The monoisotopic (exact) mass is 222 g/mol. The zero-order valence-corrected chi connectivity index (χ0v) is 8.91. The van der Waals surface area contributed by atoms with Crippen molar-refractivity contribution in [3.05, 3.63) is 0 Å². The molecule has 0 aliphatic carbocycles. The molecule has 0 aromatic heterocycles. The minimum atomic E-state index is -2.86. The Labute approximate surface area is 83.0 Å². The predicted octanol–water partition coefficient (Wildman–Crippen LogP) is -0.391. The van der Waals surface area contributed by atoms with Crippen LogP contribution in [0.4, 0.5) is 0 Å². The van der Waals surface area contributed by atoms with Crippen LogP contribution in [0.25, 0.3) is 0 Å². The third-order valence-corrected chi connectivity index (χ3v) is 3.75. The van der Waals surface area contributed by atoms with Gasteiger partial charge in [-0.15, -0.1) is 0 Å². The lowest BCUT2D eigenvalue weighted by Crippen LogP contribution is -2.43. The largest absolute Gasteiger partial charge is 0.481 e. The first-order chi connectivity index (χ1) is 6.34. The number of hydrogen-bond donors (Lipinski definition) is 2. The summed E-state index contributed by atoms with van der Waals surface area (Å²) >= 11 is 0. The van der Waals surface area contributed by atoms with Crippen LogP contribution in [0, 0.1) is 10.7 Å². The summed E-state index contributed by atoms with van der Waals surface area (Å²) in [7, 11) is -1.37. The van der Waals surface area contributed by atoms with Gasteiger partial charge < -0.3 is 9.84 Å². The van der Waals surface area contributed by atoms with Crippen LogP contribution in [0.15, 0.2) is 0 Å². The highest BCUT2D eigenvalue weighted by atomic mass is 32.2. The molecule has 0 saturated carbocycles. The molecule has 3 atom stereocenters. The van der Waals surface area contributed by atoms with Crippen molar-refractivity contribution >= 4 is 15.9 Å². The first-order valence-electron chi connectivity index (χ1n) is 4.11. The molecule has 82 valence electrons. The summed E-state index contributed by atoms with van der Waals surface area (Å²) in [4.78, 5) is 10.8. The Morgan fingerprint density at radius 3 is 2.64 bits per heavy atom. The fourth-order valence-electron chi connectivity index (χ4n) is 1.40. The third-order valence-electron chi connectivity index (χ3n) is 2.38. The van der Waals surface area contributed by atoms with E-state index in [0.29, 0.717) is 0 Å². The number of rotatable bonds is 3. The van der Waals surface area contributed by atoms with Gasteiger partial charge in [-0.25, -0.2) is 13.3 Å². The number of carboxylic acids is 1. The van der Waals surface area contributed by atoms with Gasteiger partial charge in [0, 0.05) is 13.3 Å². The van der Waals surface area contributed by atoms with E-state index in [-0.39, 0.29) is 13.2 Å². The van der Waals surface area contributed by atoms with Gasteiger partial charge in [0.2, 0.25) is 0 Å². The first kappa shape index (κ1) is 11.4. The van der Waals surface area contributed by atoms with Gasteiger partial charge in [-0.3, -0.25) is 4.79 Å². The summed E-state index contributed by atoms with van der Waals surface area (Å²) in [6.45, 7) is 0.344. The topological polar surface area (TPSA) is 90.7 Å². The van der Waals surface area contributed by atoms with Crippen LogP contribution in [-0.2, 0) is 19.4 Å². The Bertz CT molecular complexity index is 327. The van der Waals surface area contributed by atoms with E-state index in [1.54, 1.807) is 0 Å². The van der Waals surface area contributed by atoms with Crippen molar-refractivity contribution in [3.8, 4) is 0 Å². The van der Waals surface area contributed by atoms with Gasteiger partial charge in [0.15, 0.2) is 0 Å². The normalized spacial score (nSPS) is 31.6. The summed E-state index contributed by atoms with van der Waals surface area (Å²) in [5.41, 5.74) is 0. The zero-order valence-electron chi connectivity index (χ0n) is 8.10. The molecule has 0 bridgehead atoms. The van der Waals surface area contributed by atoms with Crippen LogP contribution < -0.4 is 0 Å². The molecule has 14 heavy (non-hydrogen) atoms. The molecule has 1 fully saturated rings. The number of aliphatic carboxylic acids is 1. The molecule has 0 radical (unpaired) electrons. The number of carbonyl (C=O) groups is 1. The van der Waals surface area contributed by atoms with Gasteiger partial charge in [-0.05, 0) is 0 Å². The standard InChI is InChI=1S/C7H14N2O4S/c1-9(14(2,8)12)6-4-13-3-5(6)7(10)11/h5-6,8H,3-4H2,1-2H3,(H,10,11). The second kappa shape index (κ2) is 3.84. The molecule has 0 amide bonds. The molecule has 0 aromatic carbocycles. The van der Waals surface area contributed by atoms with Crippen LogP contribution in [0.3, 0.4) is 0 Å². The van der Waals surface area contributed by atoms with Gasteiger partial charge in [0.25, 0.3) is 0 Å². The third kappa shape index (κ3) is 2.23. The lowest BCUT2D eigenvalue weighted by Gasteiger charge is -2.25. The predicted molar refractivity (Wildman–Crippen MR) is 50.3 cm³/mol. The van der Waals surface area contributed by atoms with Crippen LogP contribution in [-0.4, -0.2) is 52.1 Å². The number of hydrogen-bond acceptors (Lipinski definition) is 4. The summed E-state index contributed by atoms with van der Waals surface area (Å²) in [5.74, 6) is -1.66. The Morgan fingerprint density at radius 2 is 2.21 bits per heavy atom. The number of carboxylic acid groups (broad SMARTS) is 1. The molecule has 0 spiro atoms. The maximum absolute atomic E-state index is 11.4. The van der Waals surface area contributed by atoms with Crippen molar-refractivity contribution in [2.45, 2.75) is 6.04 Å².